The van der Waals surface area contributed by atoms with Gasteiger partial charge in [-0.15, -0.1) is 5.73 Å². The van der Waals surface area contributed by atoms with Gasteiger partial charge >= 0.3 is 0 Å². The highest BCUT2D eigenvalue weighted by molar-refractivity contribution is 5.00. The lowest BCUT2D eigenvalue weighted by Crippen LogP contribution is -2.33. The summed E-state index contributed by atoms with van der Waals surface area (Å²) in [7, 11) is 0. The normalized spacial score (nSPS) is 31.0. The van der Waals surface area contributed by atoms with Crippen molar-refractivity contribution in [1.82, 2.24) is 0 Å². The van der Waals surface area contributed by atoms with E-state index in [2.05, 4.69) is 39.2 Å². The van der Waals surface area contributed by atoms with Crippen molar-refractivity contribution in [2.24, 2.45) is 28.6 Å². The van der Waals surface area contributed by atoms with Crippen LogP contribution in [0.3, 0.4) is 0 Å². The Kier molecular flexibility index (Phi) is 8.22. The minimum atomic E-state index is -0.199. The molecule has 6 atom stereocenters. The van der Waals surface area contributed by atoms with Crippen LogP contribution in [0.25, 0.3) is 0 Å². The summed E-state index contributed by atoms with van der Waals surface area (Å²) >= 11 is 0. The van der Waals surface area contributed by atoms with Crippen molar-refractivity contribution < 1.29 is 10.2 Å². The zero-order chi connectivity index (χ0) is 20.1. The molecular formula is C25H44O2. The van der Waals surface area contributed by atoms with Gasteiger partial charge in [0.2, 0.25) is 0 Å². The number of aliphatic hydroxyl groups excluding tert-OH is 2. The molecule has 156 valence electrons. The maximum atomic E-state index is 10.4. The van der Waals surface area contributed by atoms with Gasteiger partial charge in [-0.25, -0.2) is 0 Å². The average Bonchev–Trinajstić information content (AvgIpc) is 3.33. The van der Waals surface area contributed by atoms with Crippen LogP contribution in [0.5, 0.6) is 0 Å². The molecule has 2 fully saturated rings. The highest BCUT2D eigenvalue weighted by atomic mass is 16.3. The summed E-state index contributed by atoms with van der Waals surface area (Å²) in [4.78, 5) is 0. The minimum absolute atomic E-state index is 0.0519. The Bertz CT molecular complexity index is 502. The molecule has 2 aliphatic rings. The van der Waals surface area contributed by atoms with Gasteiger partial charge < -0.3 is 10.2 Å². The molecule has 0 heterocycles. The van der Waals surface area contributed by atoms with E-state index in [1.807, 2.05) is 6.92 Å². The number of hydrogen-bond acceptors (Lipinski definition) is 2. The Balaban J connectivity index is 1.98. The second kappa shape index (κ2) is 9.77. The molecule has 2 N–H and O–H groups in total. The van der Waals surface area contributed by atoms with Crippen molar-refractivity contribution in [3.05, 3.63) is 18.4 Å². The predicted molar refractivity (Wildman–Crippen MR) is 115 cm³/mol. The number of allylic oxidation sites excluding steroid dienone is 1. The maximum absolute atomic E-state index is 10.4. The Hall–Kier alpha value is -0.560. The zero-order valence-electron chi connectivity index (χ0n) is 18.3. The molecule has 0 spiro atoms. The number of rotatable bonds is 12. The monoisotopic (exact) mass is 376 g/mol. The summed E-state index contributed by atoms with van der Waals surface area (Å²) in [5.41, 5.74) is 3.39. The zero-order valence-corrected chi connectivity index (χ0v) is 18.3. The van der Waals surface area contributed by atoms with E-state index in [-0.39, 0.29) is 23.0 Å². The van der Waals surface area contributed by atoms with Crippen LogP contribution in [0.4, 0.5) is 0 Å². The Labute approximate surface area is 168 Å². The van der Waals surface area contributed by atoms with Gasteiger partial charge in [0.1, 0.15) is 0 Å². The fraction of sp³-hybridized carbons (Fsp3) is 0.880. The molecule has 0 amide bonds. The SMILES string of the molecule is C=C=CC(C)(CCC(O)CC1CC1)C(CC)CCC1(C)CCC[C@@H]1C(C)O. The van der Waals surface area contributed by atoms with E-state index in [0.717, 1.165) is 31.6 Å². The van der Waals surface area contributed by atoms with Crippen molar-refractivity contribution in [1.29, 1.82) is 0 Å². The molecule has 2 heteroatoms. The molecule has 0 aromatic rings. The third kappa shape index (κ3) is 6.21. The van der Waals surface area contributed by atoms with Crippen molar-refractivity contribution in [2.75, 3.05) is 0 Å². The van der Waals surface area contributed by atoms with Gasteiger partial charge in [0, 0.05) is 0 Å². The molecule has 0 saturated heterocycles. The molecule has 2 nitrogen and oxygen atoms in total. The summed E-state index contributed by atoms with van der Waals surface area (Å²) in [5.74, 6) is 1.80. The summed E-state index contributed by atoms with van der Waals surface area (Å²) in [5, 5.41) is 20.6. The van der Waals surface area contributed by atoms with Crippen LogP contribution in [0.1, 0.15) is 98.3 Å². The molecule has 2 aliphatic carbocycles. The van der Waals surface area contributed by atoms with Gasteiger partial charge in [0.15, 0.2) is 0 Å². The largest absolute Gasteiger partial charge is 0.393 e. The fourth-order valence-electron chi connectivity index (χ4n) is 5.86. The van der Waals surface area contributed by atoms with Crippen LogP contribution >= 0.6 is 0 Å². The van der Waals surface area contributed by atoms with E-state index in [4.69, 9.17) is 0 Å². The van der Waals surface area contributed by atoms with E-state index in [1.165, 1.54) is 44.9 Å². The van der Waals surface area contributed by atoms with Crippen LogP contribution in [-0.4, -0.2) is 22.4 Å². The van der Waals surface area contributed by atoms with E-state index in [0.29, 0.717) is 11.8 Å². The molecule has 2 saturated carbocycles. The van der Waals surface area contributed by atoms with Crippen LogP contribution in [0.15, 0.2) is 18.4 Å². The van der Waals surface area contributed by atoms with Crippen LogP contribution < -0.4 is 0 Å². The molecule has 0 aliphatic heterocycles. The van der Waals surface area contributed by atoms with Crippen LogP contribution in [-0.2, 0) is 0 Å². The molecule has 27 heavy (non-hydrogen) atoms. The molecule has 5 unspecified atom stereocenters. The average molecular weight is 377 g/mol. The maximum Gasteiger partial charge on any atom is 0.0545 e. The van der Waals surface area contributed by atoms with E-state index < -0.39 is 0 Å². The highest BCUT2D eigenvalue weighted by Gasteiger charge is 2.42. The standard InChI is InChI=1S/C25H44O2/c1-6-14-24(4,17-13-22(27)18-20-10-11-20)21(7-2)12-16-25(5)15-8-9-23(25)19(3)26/h14,19-23,26-27H,1,7-13,15-18H2,2-5H3/t19?,21?,22?,23-,24?,25?/m1/s1. The first kappa shape index (κ1) is 22.7. The summed E-state index contributed by atoms with van der Waals surface area (Å²) < 4.78 is 0. The van der Waals surface area contributed by atoms with Crippen LogP contribution in [0, 0.1) is 28.6 Å². The lowest BCUT2D eigenvalue weighted by atomic mass is 9.66. The molecule has 0 aromatic heterocycles. The van der Waals surface area contributed by atoms with Gasteiger partial charge in [-0.05, 0) is 86.5 Å². The second-order valence-electron chi connectivity index (χ2n) is 10.3. The minimum Gasteiger partial charge on any atom is -0.393 e. The Morgan fingerprint density at radius 3 is 2.52 bits per heavy atom. The second-order valence-corrected chi connectivity index (χ2v) is 10.3. The van der Waals surface area contributed by atoms with Gasteiger partial charge in [0.25, 0.3) is 0 Å². The Morgan fingerprint density at radius 1 is 1.26 bits per heavy atom. The first-order valence-corrected chi connectivity index (χ1v) is 11.5. The summed E-state index contributed by atoms with van der Waals surface area (Å²) in [6.45, 7) is 12.9. The first-order valence-electron chi connectivity index (χ1n) is 11.5. The lowest BCUT2D eigenvalue weighted by molar-refractivity contribution is 0.0437. The highest BCUT2D eigenvalue weighted by Crippen LogP contribution is 2.50. The van der Waals surface area contributed by atoms with Crippen molar-refractivity contribution >= 4 is 0 Å². The quantitative estimate of drug-likeness (QED) is 0.394. The summed E-state index contributed by atoms with van der Waals surface area (Å²) in [6, 6.07) is 0. The van der Waals surface area contributed by atoms with Gasteiger partial charge in [0.05, 0.1) is 12.2 Å². The number of hydrogen-bond donors (Lipinski definition) is 2. The van der Waals surface area contributed by atoms with Crippen molar-refractivity contribution in [3.8, 4) is 0 Å². The van der Waals surface area contributed by atoms with E-state index >= 15 is 0 Å². The molecule has 0 aromatic carbocycles. The fourth-order valence-corrected chi connectivity index (χ4v) is 5.86. The van der Waals surface area contributed by atoms with E-state index in [9.17, 15) is 10.2 Å². The molecule has 0 radical (unpaired) electrons. The molecule has 0 bridgehead atoms. The first-order chi connectivity index (χ1) is 12.7. The summed E-state index contributed by atoms with van der Waals surface area (Å²) in [6.07, 6.45) is 14.5. The van der Waals surface area contributed by atoms with Crippen molar-refractivity contribution in [3.63, 3.8) is 0 Å². The van der Waals surface area contributed by atoms with Crippen LogP contribution in [0.2, 0.25) is 0 Å². The molecular weight excluding hydrogens is 332 g/mol. The number of aliphatic hydroxyl groups is 2. The van der Waals surface area contributed by atoms with E-state index in [1.54, 1.807) is 0 Å². The molecule has 2 rings (SSSR count). The lowest BCUT2D eigenvalue weighted by Gasteiger charge is -2.39. The Morgan fingerprint density at radius 2 is 1.96 bits per heavy atom. The smallest absolute Gasteiger partial charge is 0.0545 e. The third-order valence-electron chi connectivity index (χ3n) is 7.98. The van der Waals surface area contributed by atoms with Gasteiger partial charge in [-0.2, -0.15) is 0 Å². The predicted octanol–water partition coefficient (Wildman–Crippen LogP) is 6.27. The topological polar surface area (TPSA) is 40.5 Å². The van der Waals surface area contributed by atoms with Crippen molar-refractivity contribution in [2.45, 2.75) is 111 Å². The third-order valence-corrected chi connectivity index (χ3v) is 7.98. The van der Waals surface area contributed by atoms with Gasteiger partial charge in [-0.1, -0.05) is 53.0 Å². The van der Waals surface area contributed by atoms with Gasteiger partial charge in [-0.3, -0.25) is 0 Å².